The summed E-state index contributed by atoms with van der Waals surface area (Å²) < 4.78 is 0. The largest absolute Gasteiger partial charge is 0.322 e. The first-order valence-corrected chi connectivity index (χ1v) is 8.36. The quantitative estimate of drug-likeness (QED) is 0.452. The number of carbonyl (C=O) groups excluding carboxylic acids is 1. The average Bonchev–Trinajstić information content (AvgIpc) is 2.54. The molecule has 7 heteroatoms. The van der Waals surface area contributed by atoms with Crippen LogP contribution >= 0.6 is 23.4 Å². The predicted octanol–water partition coefficient (Wildman–Crippen LogP) is 5.00. The molecule has 5 nitrogen and oxygen atoms in total. The van der Waals surface area contributed by atoms with Crippen molar-refractivity contribution in [1.82, 2.24) is 0 Å². The number of amides is 1. The SMILES string of the molecule is CCCSc1ccccc1C(=O)Nc1ccc(Cl)c([N+](=O)[O-])c1. The third-order valence-corrected chi connectivity index (χ3v) is 4.59. The third-order valence-electron chi connectivity index (χ3n) is 2.99. The van der Waals surface area contributed by atoms with Crippen LogP contribution < -0.4 is 5.32 Å². The molecule has 2 rings (SSSR count). The lowest BCUT2D eigenvalue weighted by atomic mass is 10.2. The van der Waals surface area contributed by atoms with Crippen LogP contribution in [-0.2, 0) is 0 Å². The number of hydrogen-bond acceptors (Lipinski definition) is 4. The van der Waals surface area contributed by atoms with Gasteiger partial charge in [0.1, 0.15) is 5.02 Å². The first-order chi connectivity index (χ1) is 11.0. The number of halogens is 1. The Balaban J connectivity index is 2.23. The van der Waals surface area contributed by atoms with Gasteiger partial charge in [-0.3, -0.25) is 14.9 Å². The van der Waals surface area contributed by atoms with Gasteiger partial charge in [-0.15, -0.1) is 11.8 Å². The number of carbonyl (C=O) groups is 1. The molecule has 0 fully saturated rings. The third kappa shape index (κ3) is 4.46. The highest BCUT2D eigenvalue weighted by Crippen LogP contribution is 2.28. The van der Waals surface area contributed by atoms with Crippen LogP contribution in [0.1, 0.15) is 23.7 Å². The summed E-state index contributed by atoms with van der Waals surface area (Å²) in [4.78, 5) is 23.6. The zero-order valence-corrected chi connectivity index (χ0v) is 14.0. The van der Waals surface area contributed by atoms with Gasteiger partial charge in [-0.1, -0.05) is 30.7 Å². The molecule has 0 aromatic heterocycles. The molecule has 23 heavy (non-hydrogen) atoms. The van der Waals surface area contributed by atoms with Crippen molar-refractivity contribution in [3.63, 3.8) is 0 Å². The molecule has 1 N–H and O–H groups in total. The van der Waals surface area contributed by atoms with E-state index in [4.69, 9.17) is 11.6 Å². The van der Waals surface area contributed by atoms with Crippen molar-refractivity contribution in [3.05, 3.63) is 63.2 Å². The standard InChI is InChI=1S/C16H15ClN2O3S/c1-2-9-23-15-6-4-3-5-12(15)16(20)18-11-7-8-13(17)14(10-11)19(21)22/h3-8,10H,2,9H2,1H3,(H,18,20). The summed E-state index contributed by atoms with van der Waals surface area (Å²) >= 11 is 7.38. The van der Waals surface area contributed by atoms with Crippen LogP contribution in [0.25, 0.3) is 0 Å². The number of rotatable bonds is 6. The summed E-state index contributed by atoms with van der Waals surface area (Å²) in [5.41, 5.74) is 0.642. The molecule has 0 saturated heterocycles. The second-order valence-corrected chi connectivity index (χ2v) is 6.27. The number of hydrogen-bond donors (Lipinski definition) is 1. The minimum absolute atomic E-state index is 0.0342. The second-order valence-electron chi connectivity index (χ2n) is 4.72. The molecule has 0 bridgehead atoms. The van der Waals surface area contributed by atoms with E-state index in [0.717, 1.165) is 17.1 Å². The molecule has 0 atom stereocenters. The number of thioether (sulfide) groups is 1. The molecular weight excluding hydrogens is 336 g/mol. The van der Waals surface area contributed by atoms with Crippen molar-refractivity contribution < 1.29 is 9.72 Å². The molecule has 2 aromatic rings. The topological polar surface area (TPSA) is 72.2 Å². The van der Waals surface area contributed by atoms with Crippen molar-refractivity contribution in [2.24, 2.45) is 0 Å². The van der Waals surface area contributed by atoms with Gasteiger partial charge in [-0.2, -0.15) is 0 Å². The van der Waals surface area contributed by atoms with E-state index < -0.39 is 4.92 Å². The first kappa shape index (κ1) is 17.3. The summed E-state index contributed by atoms with van der Waals surface area (Å²) in [6.45, 7) is 2.07. The monoisotopic (exact) mass is 350 g/mol. The van der Waals surface area contributed by atoms with E-state index in [1.54, 1.807) is 23.9 Å². The summed E-state index contributed by atoms with van der Waals surface area (Å²) in [5.74, 6) is 0.609. The molecule has 0 unspecified atom stereocenters. The highest BCUT2D eigenvalue weighted by Gasteiger charge is 2.16. The molecule has 0 spiro atoms. The number of benzene rings is 2. The maximum Gasteiger partial charge on any atom is 0.289 e. The molecule has 120 valence electrons. The van der Waals surface area contributed by atoms with Crippen LogP contribution in [-0.4, -0.2) is 16.6 Å². The van der Waals surface area contributed by atoms with Gasteiger partial charge in [0, 0.05) is 16.6 Å². The fourth-order valence-corrected chi connectivity index (χ4v) is 3.02. The molecule has 0 aliphatic heterocycles. The molecule has 0 aliphatic rings. The fourth-order valence-electron chi connectivity index (χ4n) is 1.92. The lowest BCUT2D eigenvalue weighted by Crippen LogP contribution is -2.13. The normalized spacial score (nSPS) is 10.3. The summed E-state index contributed by atoms with van der Waals surface area (Å²) in [5, 5.41) is 13.6. The van der Waals surface area contributed by atoms with E-state index in [1.807, 2.05) is 12.1 Å². The highest BCUT2D eigenvalue weighted by atomic mass is 35.5. The lowest BCUT2D eigenvalue weighted by Gasteiger charge is -2.10. The van der Waals surface area contributed by atoms with Gasteiger partial charge in [0.15, 0.2) is 0 Å². The van der Waals surface area contributed by atoms with Gasteiger partial charge < -0.3 is 5.32 Å². The van der Waals surface area contributed by atoms with E-state index in [9.17, 15) is 14.9 Å². The molecule has 0 saturated carbocycles. The van der Waals surface area contributed by atoms with Crippen molar-refractivity contribution in [3.8, 4) is 0 Å². The minimum Gasteiger partial charge on any atom is -0.322 e. The Kier molecular flexibility index (Phi) is 6.01. The molecule has 0 radical (unpaired) electrons. The van der Waals surface area contributed by atoms with Crippen LogP contribution in [0.2, 0.25) is 5.02 Å². The number of nitro groups is 1. The van der Waals surface area contributed by atoms with Crippen molar-refractivity contribution >= 4 is 40.6 Å². The maximum atomic E-state index is 12.4. The fraction of sp³-hybridized carbons (Fsp3) is 0.188. The highest BCUT2D eigenvalue weighted by molar-refractivity contribution is 7.99. The molecule has 0 heterocycles. The van der Waals surface area contributed by atoms with Crippen LogP contribution in [0.3, 0.4) is 0 Å². The van der Waals surface area contributed by atoms with Crippen LogP contribution in [0, 0.1) is 10.1 Å². The van der Waals surface area contributed by atoms with Crippen molar-refractivity contribution in [2.75, 3.05) is 11.1 Å². The van der Waals surface area contributed by atoms with Crippen molar-refractivity contribution in [1.29, 1.82) is 0 Å². The first-order valence-electron chi connectivity index (χ1n) is 7.00. The number of nitrogens with zero attached hydrogens (tertiary/aromatic N) is 1. The Bertz CT molecular complexity index is 737. The lowest BCUT2D eigenvalue weighted by molar-refractivity contribution is -0.384. The van der Waals surface area contributed by atoms with E-state index in [1.165, 1.54) is 18.2 Å². The Hall–Kier alpha value is -2.05. The number of nitrogens with one attached hydrogen (secondary N) is 1. The molecule has 2 aromatic carbocycles. The summed E-state index contributed by atoms with van der Waals surface area (Å²) in [6, 6.07) is 11.5. The van der Waals surface area contributed by atoms with Crippen LogP contribution in [0.5, 0.6) is 0 Å². The Morgan fingerprint density at radius 1 is 1.30 bits per heavy atom. The maximum absolute atomic E-state index is 12.4. The van der Waals surface area contributed by atoms with Crippen LogP contribution in [0.15, 0.2) is 47.4 Å². The smallest absolute Gasteiger partial charge is 0.289 e. The van der Waals surface area contributed by atoms with Crippen LogP contribution in [0.4, 0.5) is 11.4 Å². The van der Waals surface area contributed by atoms with Gasteiger partial charge in [-0.25, -0.2) is 0 Å². The summed E-state index contributed by atoms with van der Waals surface area (Å²) in [6.07, 6.45) is 1.00. The van der Waals surface area contributed by atoms with Gasteiger partial charge in [-0.05, 0) is 36.4 Å². The number of anilines is 1. The number of nitro benzene ring substituents is 1. The van der Waals surface area contributed by atoms with E-state index in [0.29, 0.717) is 11.3 Å². The molecule has 1 amide bonds. The van der Waals surface area contributed by atoms with Crippen molar-refractivity contribution in [2.45, 2.75) is 18.2 Å². The zero-order chi connectivity index (χ0) is 16.8. The summed E-state index contributed by atoms with van der Waals surface area (Å²) in [7, 11) is 0. The Morgan fingerprint density at radius 2 is 2.04 bits per heavy atom. The molecule has 0 aliphatic carbocycles. The average molecular weight is 351 g/mol. The van der Waals surface area contributed by atoms with E-state index >= 15 is 0 Å². The second kappa shape index (κ2) is 7.99. The minimum atomic E-state index is -0.580. The van der Waals surface area contributed by atoms with Gasteiger partial charge >= 0.3 is 0 Å². The van der Waals surface area contributed by atoms with Gasteiger partial charge in [0.2, 0.25) is 0 Å². The van der Waals surface area contributed by atoms with Gasteiger partial charge in [0.05, 0.1) is 10.5 Å². The predicted molar refractivity (Wildman–Crippen MR) is 93.5 cm³/mol. The Morgan fingerprint density at radius 3 is 2.74 bits per heavy atom. The van der Waals surface area contributed by atoms with E-state index in [2.05, 4.69) is 12.2 Å². The van der Waals surface area contributed by atoms with E-state index in [-0.39, 0.29) is 16.6 Å². The Labute approximate surface area is 143 Å². The zero-order valence-electron chi connectivity index (χ0n) is 12.4. The molecular formula is C16H15ClN2O3S. The van der Waals surface area contributed by atoms with Gasteiger partial charge in [0.25, 0.3) is 11.6 Å².